The van der Waals surface area contributed by atoms with Crippen molar-refractivity contribution in [2.24, 2.45) is 0 Å². The van der Waals surface area contributed by atoms with E-state index in [1.807, 2.05) is 0 Å². The van der Waals surface area contributed by atoms with E-state index < -0.39 is 49.8 Å². The molecule has 1 saturated carbocycles. The van der Waals surface area contributed by atoms with Gasteiger partial charge in [0.15, 0.2) is 0 Å². The van der Waals surface area contributed by atoms with Crippen molar-refractivity contribution in [2.45, 2.75) is 30.9 Å². The number of hydrogen-bond acceptors (Lipinski definition) is 4. The largest absolute Gasteiger partial charge is 0.501 e. The maximum absolute atomic E-state index is 14.1. The summed E-state index contributed by atoms with van der Waals surface area (Å²) >= 11 is 0. The normalized spacial score (nSPS) is 24.3. The predicted octanol–water partition coefficient (Wildman–Crippen LogP) is 3.63. The lowest BCUT2D eigenvalue weighted by Crippen LogP contribution is -2.30. The van der Waals surface area contributed by atoms with Crippen LogP contribution in [0.3, 0.4) is 0 Å². The minimum Gasteiger partial charge on any atom is -0.382 e. The van der Waals surface area contributed by atoms with Gasteiger partial charge in [-0.15, -0.1) is 0 Å². The van der Waals surface area contributed by atoms with E-state index in [1.54, 1.807) is 0 Å². The summed E-state index contributed by atoms with van der Waals surface area (Å²) in [5.74, 6) is -3.83. The average molecular weight is 395 g/mol. The number of aliphatic hydroxyl groups is 1. The van der Waals surface area contributed by atoms with E-state index in [0.717, 1.165) is 6.08 Å². The molecule has 0 aromatic carbocycles. The lowest BCUT2D eigenvalue weighted by atomic mass is 9.97. The number of sulfone groups is 1. The maximum atomic E-state index is 14.1. The van der Waals surface area contributed by atoms with E-state index >= 15 is 0 Å². The van der Waals surface area contributed by atoms with Crippen molar-refractivity contribution in [3.05, 3.63) is 58.8 Å². The van der Waals surface area contributed by atoms with Crippen LogP contribution in [0.1, 0.15) is 18.9 Å². The van der Waals surface area contributed by atoms with Gasteiger partial charge < -0.3 is 5.11 Å². The number of allylic oxidation sites excluding steroid dienone is 3. The van der Waals surface area contributed by atoms with E-state index in [9.17, 15) is 35.5 Å². The highest BCUT2D eigenvalue weighted by molar-refractivity contribution is 7.96. The Morgan fingerprint density at radius 3 is 2.50 bits per heavy atom. The average Bonchev–Trinajstić information content (AvgIpc) is 2.77. The second-order valence-electron chi connectivity index (χ2n) is 5.60. The molecule has 1 aromatic rings. The van der Waals surface area contributed by atoms with Gasteiger partial charge in [0.1, 0.15) is 6.10 Å². The third-order valence-corrected chi connectivity index (χ3v) is 5.64. The van der Waals surface area contributed by atoms with Crippen LogP contribution < -0.4 is 0 Å². The fourth-order valence-electron chi connectivity index (χ4n) is 2.70. The summed E-state index contributed by atoms with van der Waals surface area (Å²) in [7, 11) is -5.90. The molecule has 0 unspecified atom stereocenters. The van der Waals surface area contributed by atoms with Gasteiger partial charge in [0, 0.05) is 30.0 Å². The van der Waals surface area contributed by atoms with Gasteiger partial charge in [-0.1, -0.05) is 18.7 Å². The highest BCUT2D eigenvalue weighted by atomic mass is 32.2. The zero-order valence-corrected chi connectivity index (χ0v) is 14.2. The Bertz CT molecular complexity index is 886. The number of halogens is 5. The summed E-state index contributed by atoms with van der Waals surface area (Å²) in [6.45, 7) is 4.00. The van der Waals surface area contributed by atoms with Crippen LogP contribution in [-0.4, -0.2) is 36.0 Å². The molecule has 1 aliphatic carbocycles. The first-order valence-electron chi connectivity index (χ1n) is 7.19. The summed E-state index contributed by atoms with van der Waals surface area (Å²) in [5.41, 5.74) is -6.85. The Balaban J connectivity index is 2.86. The lowest BCUT2D eigenvalue weighted by molar-refractivity contribution is -0.0736. The van der Waals surface area contributed by atoms with Gasteiger partial charge in [-0.05, 0) is 24.1 Å². The molecule has 1 aromatic heterocycles. The van der Waals surface area contributed by atoms with Crippen LogP contribution >= 0.6 is 0 Å². The summed E-state index contributed by atoms with van der Waals surface area (Å²) in [4.78, 5) is 2.42. The monoisotopic (exact) mass is 395 g/mol. The van der Waals surface area contributed by atoms with Crippen LogP contribution in [0.5, 0.6) is 0 Å². The second kappa shape index (κ2) is 6.58. The molecular weight excluding hydrogens is 381 g/mol. The molecule has 1 heterocycles. The van der Waals surface area contributed by atoms with Crippen molar-refractivity contribution in [3.8, 4) is 0 Å². The second-order valence-corrected chi connectivity index (χ2v) is 7.68. The molecule has 1 fully saturated rings. The van der Waals surface area contributed by atoms with Gasteiger partial charge in [-0.25, -0.2) is 17.2 Å². The van der Waals surface area contributed by atoms with Crippen LogP contribution in [0.2, 0.25) is 0 Å². The van der Waals surface area contributed by atoms with E-state index in [0.29, 0.717) is 6.92 Å². The molecule has 0 radical (unpaired) electrons. The molecule has 2 rings (SSSR count). The van der Waals surface area contributed by atoms with Gasteiger partial charge >= 0.3 is 5.51 Å². The van der Waals surface area contributed by atoms with E-state index in [2.05, 4.69) is 11.6 Å². The van der Waals surface area contributed by atoms with Crippen LogP contribution in [0.25, 0.3) is 5.57 Å². The maximum Gasteiger partial charge on any atom is 0.501 e. The third kappa shape index (κ3) is 3.30. The fourth-order valence-corrected chi connectivity index (χ4v) is 3.58. The molecule has 1 N–H and O–H groups in total. The molecule has 1 atom stereocenters. The topological polar surface area (TPSA) is 67.3 Å². The van der Waals surface area contributed by atoms with Crippen LogP contribution in [-0.2, 0) is 9.84 Å². The summed E-state index contributed by atoms with van der Waals surface area (Å²) in [6.07, 6.45) is -0.0687. The van der Waals surface area contributed by atoms with Crippen molar-refractivity contribution >= 4 is 15.4 Å². The third-order valence-electron chi connectivity index (χ3n) is 4.00. The van der Waals surface area contributed by atoms with Gasteiger partial charge in [0.2, 0.25) is 0 Å². The van der Waals surface area contributed by atoms with Crippen LogP contribution in [0, 0.1) is 0 Å². The number of nitrogens with zero attached hydrogens (tertiary/aromatic N) is 1. The molecule has 0 amide bonds. The number of rotatable bonds is 3. The van der Waals surface area contributed by atoms with Gasteiger partial charge in [0.25, 0.3) is 15.8 Å². The van der Waals surface area contributed by atoms with Crippen molar-refractivity contribution in [1.29, 1.82) is 0 Å². The number of aromatic nitrogens is 1. The number of hydrogen-bond donors (Lipinski definition) is 1. The molecule has 142 valence electrons. The van der Waals surface area contributed by atoms with Crippen molar-refractivity contribution in [3.63, 3.8) is 0 Å². The first-order valence-corrected chi connectivity index (χ1v) is 8.67. The Morgan fingerprint density at radius 2 is 2.04 bits per heavy atom. The molecule has 0 aliphatic heterocycles. The zero-order chi connectivity index (χ0) is 19.9. The SMILES string of the molecule is C=C/C(=C1/CC(F)(F)[C@@H](O)/C1=C(/C)S(=O)(=O)C(F)(F)F)c1cccnc1. The molecule has 1 aliphatic rings. The smallest absolute Gasteiger partial charge is 0.382 e. The molecule has 4 nitrogen and oxygen atoms in total. The summed E-state index contributed by atoms with van der Waals surface area (Å²) < 4.78 is 90.0. The highest BCUT2D eigenvalue weighted by Crippen LogP contribution is 2.49. The molecule has 26 heavy (non-hydrogen) atoms. The van der Waals surface area contributed by atoms with E-state index in [-0.39, 0.29) is 11.1 Å². The zero-order valence-electron chi connectivity index (χ0n) is 13.4. The number of pyridine rings is 1. The lowest BCUT2D eigenvalue weighted by Gasteiger charge is -2.17. The quantitative estimate of drug-likeness (QED) is 0.794. The van der Waals surface area contributed by atoms with Gasteiger partial charge in [0.05, 0.1) is 4.91 Å². The predicted molar refractivity (Wildman–Crippen MR) is 84.6 cm³/mol. The Morgan fingerprint density at radius 1 is 1.42 bits per heavy atom. The minimum absolute atomic E-state index is 0.0268. The Labute approximate surface area is 146 Å². The minimum atomic E-state index is -5.90. The fraction of sp³-hybridized carbons (Fsp3) is 0.312. The van der Waals surface area contributed by atoms with Crippen LogP contribution in [0.15, 0.2) is 53.2 Å². The number of aliphatic hydroxyl groups excluding tert-OH is 1. The summed E-state index contributed by atoms with van der Waals surface area (Å²) in [5, 5.41) is 9.85. The first-order chi connectivity index (χ1) is 11.8. The van der Waals surface area contributed by atoms with Crippen LogP contribution in [0.4, 0.5) is 22.0 Å². The highest BCUT2D eigenvalue weighted by Gasteiger charge is 2.55. The van der Waals surface area contributed by atoms with E-state index in [1.165, 1.54) is 24.5 Å². The van der Waals surface area contributed by atoms with Gasteiger partial charge in [-0.2, -0.15) is 13.2 Å². The molecule has 10 heteroatoms. The van der Waals surface area contributed by atoms with Crippen molar-refractivity contribution in [2.75, 3.05) is 0 Å². The molecular formula is C16H14F5NO3S. The van der Waals surface area contributed by atoms with Crippen molar-refractivity contribution in [1.82, 2.24) is 4.98 Å². The first kappa shape index (κ1) is 20.2. The molecule has 0 saturated heterocycles. The molecule has 0 bridgehead atoms. The standard InChI is InChI=1S/C16H14F5NO3S/c1-3-11(10-5-4-6-22-8-10)12-7-15(17,18)14(23)13(12)9(2)26(24,25)16(19,20)21/h3-6,8,14,23H,1,7H2,2H3/b12-11+,13-9-/t14-/m0/s1. The number of alkyl halides is 5. The Hall–Kier alpha value is -2.07. The molecule has 0 spiro atoms. The van der Waals surface area contributed by atoms with E-state index in [4.69, 9.17) is 0 Å². The Kier molecular flexibility index (Phi) is 5.13. The summed E-state index contributed by atoms with van der Waals surface area (Å²) in [6, 6.07) is 2.91. The van der Waals surface area contributed by atoms with Gasteiger partial charge in [-0.3, -0.25) is 4.98 Å². The van der Waals surface area contributed by atoms with Crippen molar-refractivity contribution < 1.29 is 35.5 Å².